The summed E-state index contributed by atoms with van der Waals surface area (Å²) in [5.41, 5.74) is 2.76. The summed E-state index contributed by atoms with van der Waals surface area (Å²) >= 11 is 2.87. The molecule has 1 aromatic carbocycles. The second-order valence-electron chi connectivity index (χ2n) is 7.55. The number of benzene rings is 1. The maximum atomic E-state index is 12.5. The molecule has 2 aromatic heterocycles. The largest absolute Gasteiger partial charge is 0.484 e. The van der Waals surface area contributed by atoms with E-state index in [2.05, 4.69) is 15.3 Å². The number of rotatable bonds is 6. The Balaban J connectivity index is 1.26. The molecule has 1 N–H and O–H groups in total. The molecular formula is C22H24N4O3S2. The number of piperidine rings is 1. The Labute approximate surface area is 189 Å². The van der Waals surface area contributed by atoms with Gasteiger partial charge in [0.15, 0.2) is 11.7 Å². The molecule has 9 heteroatoms. The van der Waals surface area contributed by atoms with Gasteiger partial charge in [0, 0.05) is 36.0 Å². The van der Waals surface area contributed by atoms with Gasteiger partial charge in [-0.15, -0.1) is 22.7 Å². The molecule has 0 aliphatic carbocycles. The predicted octanol–water partition coefficient (Wildman–Crippen LogP) is 4.25. The van der Waals surface area contributed by atoms with Crippen molar-refractivity contribution in [3.05, 3.63) is 57.0 Å². The number of ether oxygens (including phenoxy) is 1. The lowest BCUT2D eigenvalue weighted by Gasteiger charge is -2.31. The monoisotopic (exact) mass is 456 g/mol. The van der Waals surface area contributed by atoms with E-state index in [0.29, 0.717) is 23.9 Å². The number of aromatic nitrogens is 2. The van der Waals surface area contributed by atoms with E-state index in [1.54, 1.807) is 11.6 Å². The number of likely N-dealkylation sites (tertiary alicyclic amines) is 1. The zero-order valence-electron chi connectivity index (χ0n) is 17.5. The average Bonchev–Trinajstić information content (AvgIpc) is 3.47. The zero-order chi connectivity index (χ0) is 21.8. The molecule has 0 radical (unpaired) electrons. The first-order chi connectivity index (χ1) is 15.0. The SMILES string of the molecule is Cc1ccc(OCC(=O)N2CCC(c3nc(C(=O)Nc4nccs4)cs3)CC2)cc1C. The fourth-order valence-corrected chi connectivity index (χ4v) is 4.94. The molecule has 3 aromatic rings. The first-order valence-corrected chi connectivity index (χ1v) is 11.9. The minimum absolute atomic E-state index is 0.000619. The highest BCUT2D eigenvalue weighted by atomic mass is 32.1. The Kier molecular flexibility index (Phi) is 6.62. The molecule has 0 saturated carbocycles. The molecule has 0 unspecified atom stereocenters. The topological polar surface area (TPSA) is 84.4 Å². The lowest BCUT2D eigenvalue weighted by atomic mass is 9.97. The number of hydrogen-bond acceptors (Lipinski definition) is 7. The summed E-state index contributed by atoms with van der Waals surface area (Å²) in [6.45, 7) is 5.46. The third-order valence-electron chi connectivity index (χ3n) is 5.44. The average molecular weight is 457 g/mol. The molecule has 1 saturated heterocycles. The second-order valence-corrected chi connectivity index (χ2v) is 9.34. The van der Waals surface area contributed by atoms with Crippen molar-refractivity contribution >= 4 is 39.6 Å². The molecule has 3 heterocycles. The highest BCUT2D eigenvalue weighted by molar-refractivity contribution is 7.13. The molecule has 1 aliphatic rings. The molecule has 4 rings (SSSR count). The quantitative estimate of drug-likeness (QED) is 0.599. The molecule has 7 nitrogen and oxygen atoms in total. The van der Waals surface area contributed by atoms with Crippen LogP contribution in [0.15, 0.2) is 35.2 Å². The minimum Gasteiger partial charge on any atom is -0.484 e. The Morgan fingerprint density at radius 2 is 2.00 bits per heavy atom. The van der Waals surface area contributed by atoms with E-state index in [1.165, 1.54) is 28.2 Å². The van der Waals surface area contributed by atoms with Crippen molar-refractivity contribution in [1.29, 1.82) is 0 Å². The fourth-order valence-electron chi connectivity index (χ4n) is 3.44. The van der Waals surface area contributed by atoms with Crippen molar-refractivity contribution < 1.29 is 14.3 Å². The van der Waals surface area contributed by atoms with Crippen LogP contribution >= 0.6 is 22.7 Å². The maximum absolute atomic E-state index is 12.5. The Bertz CT molecular complexity index is 1060. The second kappa shape index (κ2) is 9.57. The van der Waals surface area contributed by atoms with E-state index in [1.807, 2.05) is 42.3 Å². The van der Waals surface area contributed by atoms with Crippen LogP contribution < -0.4 is 10.1 Å². The van der Waals surface area contributed by atoms with Gasteiger partial charge in [-0.2, -0.15) is 0 Å². The number of hydrogen-bond donors (Lipinski definition) is 1. The van der Waals surface area contributed by atoms with Gasteiger partial charge in [0.05, 0.1) is 5.01 Å². The molecule has 162 valence electrons. The zero-order valence-corrected chi connectivity index (χ0v) is 19.1. The standard InChI is InChI=1S/C22H24N4O3S2/c1-14-3-4-17(11-15(14)2)29-12-19(27)26-8-5-16(6-9-26)21-24-18(13-31-21)20(28)25-22-23-7-10-30-22/h3-4,7,10-11,13,16H,5-6,8-9,12H2,1-2H3,(H,23,25,28). The van der Waals surface area contributed by atoms with Gasteiger partial charge in [-0.1, -0.05) is 6.07 Å². The Hall–Kier alpha value is -2.78. The van der Waals surface area contributed by atoms with E-state index >= 15 is 0 Å². The number of amides is 2. The molecule has 1 fully saturated rings. The van der Waals surface area contributed by atoms with Gasteiger partial charge < -0.3 is 9.64 Å². The first-order valence-electron chi connectivity index (χ1n) is 10.1. The molecule has 0 bridgehead atoms. The number of nitrogens with zero attached hydrogens (tertiary/aromatic N) is 3. The first kappa shape index (κ1) is 21.5. The summed E-state index contributed by atoms with van der Waals surface area (Å²) in [4.78, 5) is 35.3. The van der Waals surface area contributed by atoms with Gasteiger partial charge in [0.1, 0.15) is 11.4 Å². The third kappa shape index (κ3) is 5.29. The van der Waals surface area contributed by atoms with Crippen molar-refractivity contribution in [2.75, 3.05) is 25.0 Å². The number of carbonyl (C=O) groups is 2. The molecule has 0 spiro atoms. The van der Waals surface area contributed by atoms with E-state index in [-0.39, 0.29) is 24.3 Å². The van der Waals surface area contributed by atoms with Crippen LogP contribution in [0.25, 0.3) is 0 Å². The maximum Gasteiger partial charge on any atom is 0.276 e. The van der Waals surface area contributed by atoms with E-state index in [9.17, 15) is 9.59 Å². The number of nitrogens with one attached hydrogen (secondary N) is 1. The van der Waals surface area contributed by atoms with Crippen molar-refractivity contribution in [3.63, 3.8) is 0 Å². The third-order valence-corrected chi connectivity index (χ3v) is 7.14. The molecule has 1 aliphatic heterocycles. The highest BCUT2D eigenvalue weighted by Crippen LogP contribution is 2.30. The summed E-state index contributed by atoms with van der Waals surface area (Å²) in [5, 5.41) is 7.86. The number of carbonyl (C=O) groups excluding carboxylic acids is 2. The predicted molar refractivity (Wildman–Crippen MR) is 122 cm³/mol. The van der Waals surface area contributed by atoms with Crippen LogP contribution in [0.1, 0.15) is 45.4 Å². The van der Waals surface area contributed by atoms with Crippen molar-refractivity contribution in [2.45, 2.75) is 32.6 Å². The fraction of sp³-hybridized carbons (Fsp3) is 0.364. The minimum atomic E-state index is -0.242. The summed E-state index contributed by atoms with van der Waals surface area (Å²) in [6.07, 6.45) is 3.31. The van der Waals surface area contributed by atoms with Crippen LogP contribution in [-0.4, -0.2) is 46.4 Å². The molecule has 31 heavy (non-hydrogen) atoms. The summed E-state index contributed by atoms with van der Waals surface area (Å²) in [5.74, 6) is 0.738. The van der Waals surface area contributed by atoms with Crippen molar-refractivity contribution in [2.24, 2.45) is 0 Å². The van der Waals surface area contributed by atoms with Gasteiger partial charge in [-0.25, -0.2) is 9.97 Å². The van der Waals surface area contributed by atoms with Gasteiger partial charge in [0.25, 0.3) is 11.8 Å². The molecule has 2 amide bonds. The molecular weight excluding hydrogens is 432 g/mol. The van der Waals surface area contributed by atoms with Crippen LogP contribution in [0.2, 0.25) is 0 Å². The van der Waals surface area contributed by atoms with Crippen LogP contribution in [0.3, 0.4) is 0 Å². The van der Waals surface area contributed by atoms with E-state index in [4.69, 9.17) is 4.74 Å². The Morgan fingerprint density at radius 3 is 2.71 bits per heavy atom. The van der Waals surface area contributed by atoms with Crippen LogP contribution in [-0.2, 0) is 4.79 Å². The van der Waals surface area contributed by atoms with Crippen LogP contribution in [0.4, 0.5) is 5.13 Å². The smallest absolute Gasteiger partial charge is 0.276 e. The van der Waals surface area contributed by atoms with Crippen molar-refractivity contribution in [3.8, 4) is 5.75 Å². The van der Waals surface area contributed by atoms with E-state index in [0.717, 1.165) is 29.2 Å². The summed E-state index contributed by atoms with van der Waals surface area (Å²) in [7, 11) is 0. The highest BCUT2D eigenvalue weighted by Gasteiger charge is 2.26. The normalized spacial score (nSPS) is 14.5. The van der Waals surface area contributed by atoms with Gasteiger partial charge >= 0.3 is 0 Å². The number of thiazole rings is 2. The number of aryl methyl sites for hydroxylation is 2. The van der Waals surface area contributed by atoms with Gasteiger partial charge in [-0.05, 0) is 49.9 Å². The Morgan fingerprint density at radius 1 is 1.19 bits per heavy atom. The van der Waals surface area contributed by atoms with Gasteiger partial charge in [0.2, 0.25) is 0 Å². The number of anilines is 1. The lowest BCUT2D eigenvalue weighted by molar-refractivity contribution is -0.134. The lowest BCUT2D eigenvalue weighted by Crippen LogP contribution is -2.40. The summed E-state index contributed by atoms with van der Waals surface area (Å²) in [6, 6.07) is 5.85. The van der Waals surface area contributed by atoms with Crippen LogP contribution in [0.5, 0.6) is 5.75 Å². The molecule has 0 atom stereocenters. The van der Waals surface area contributed by atoms with Crippen molar-refractivity contribution in [1.82, 2.24) is 14.9 Å². The van der Waals surface area contributed by atoms with Crippen LogP contribution in [0, 0.1) is 13.8 Å². The van der Waals surface area contributed by atoms with E-state index < -0.39 is 0 Å². The van der Waals surface area contributed by atoms with Gasteiger partial charge in [-0.3, -0.25) is 14.9 Å². The summed E-state index contributed by atoms with van der Waals surface area (Å²) < 4.78 is 5.69.